The molecule has 0 saturated carbocycles. The van der Waals surface area contributed by atoms with Gasteiger partial charge in [0, 0.05) is 6.54 Å². The van der Waals surface area contributed by atoms with Gasteiger partial charge in [0.15, 0.2) is 0 Å². The van der Waals surface area contributed by atoms with E-state index >= 15 is 0 Å². The first kappa shape index (κ1) is 13.1. The van der Waals surface area contributed by atoms with E-state index in [1.54, 1.807) is 18.2 Å². The molecule has 1 fully saturated rings. The van der Waals surface area contributed by atoms with E-state index in [0.717, 1.165) is 12.8 Å². The summed E-state index contributed by atoms with van der Waals surface area (Å²) in [7, 11) is 0. The highest BCUT2D eigenvalue weighted by molar-refractivity contribution is 5.56. The van der Waals surface area contributed by atoms with Crippen LogP contribution in [0.1, 0.15) is 19.8 Å². The molecule has 2 unspecified atom stereocenters. The summed E-state index contributed by atoms with van der Waals surface area (Å²) in [5.74, 6) is 0.165. The minimum atomic E-state index is -2.81. The van der Waals surface area contributed by atoms with Gasteiger partial charge in [-0.25, -0.2) is 0 Å². The molecule has 2 rings (SSSR count). The zero-order chi connectivity index (χ0) is 13.0. The molecule has 1 heterocycles. The van der Waals surface area contributed by atoms with Gasteiger partial charge in [-0.15, -0.1) is 0 Å². The molecule has 1 aliphatic heterocycles. The molecule has 0 spiro atoms. The molecule has 0 aromatic heterocycles. The van der Waals surface area contributed by atoms with E-state index in [2.05, 4.69) is 10.1 Å². The standard InChI is InChI=1S/C13H17F2NO2/c1-9-6-7-10(17-9)8-16-11-4-2-3-5-12(11)18-13(14)15/h2-5,9-10,13,16H,6-8H2,1H3. The Kier molecular flexibility index (Phi) is 4.36. The van der Waals surface area contributed by atoms with Crippen LogP contribution in [-0.4, -0.2) is 25.4 Å². The van der Waals surface area contributed by atoms with E-state index in [4.69, 9.17) is 4.74 Å². The van der Waals surface area contributed by atoms with Crippen LogP contribution in [-0.2, 0) is 4.74 Å². The molecule has 0 radical (unpaired) electrons. The SMILES string of the molecule is CC1CCC(CNc2ccccc2OC(F)F)O1. The molecule has 1 aromatic rings. The number of rotatable bonds is 5. The summed E-state index contributed by atoms with van der Waals surface area (Å²) in [6.45, 7) is -0.169. The molecule has 0 bridgehead atoms. The number of nitrogens with one attached hydrogen (secondary N) is 1. The average molecular weight is 257 g/mol. The number of halogens is 2. The molecule has 3 nitrogen and oxygen atoms in total. The van der Waals surface area contributed by atoms with Crippen LogP contribution in [0.5, 0.6) is 5.75 Å². The fraction of sp³-hybridized carbons (Fsp3) is 0.538. The van der Waals surface area contributed by atoms with E-state index in [9.17, 15) is 8.78 Å². The molecule has 1 N–H and O–H groups in total. The lowest BCUT2D eigenvalue weighted by Gasteiger charge is -2.15. The molecule has 1 aromatic carbocycles. The van der Waals surface area contributed by atoms with Crippen LogP contribution in [0.3, 0.4) is 0 Å². The molecule has 1 aliphatic rings. The van der Waals surface area contributed by atoms with Crippen LogP contribution >= 0.6 is 0 Å². The quantitative estimate of drug-likeness (QED) is 0.878. The third-order valence-electron chi connectivity index (χ3n) is 2.94. The zero-order valence-electron chi connectivity index (χ0n) is 10.2. The predicted molar refractivity (Wildman–Crippen MR) is 65.1 cm³/mol. The van der Waals surface area contributed by atoms with E-state index in [1.807, 2.05) is 6.92 Å². The molecule has 0 aliphatic carbocycles. The molecular formula is C13H17F2NO2. The molecule has 100 valence electrons. The fourth-order valence-corrected chi connectivity index (χ4v) is 2.07. The second-order valence-electron chi connectivity index (χ2n) is 4.40. The summed E-state index contributed by atoms with van der Waals surface area (Å²) in [5, 5.41) is 3.10. The van der Waals surface area contributed by atoms with Gasteiger partial charge in [0.1, 0.15) is 5.75 Å². The number of ether oxygens (including phenoxy) is 2. The Labute approximate surface area is 105 Å². The van der Waals surface area contributed by atoms with Crippen molar-refractivity contribution in [2.45, 2.75) is 38.6 Å². The van der Waals surface area contributed by atoms with Gasteiger partial charge >= 0.3 is 6.61 Å². The van der Waals surface area contributed by atoms with Crippen LogP contribution in [0.25, 0.3) is 0 Å². The Morgan fingerprint density at radius 1 is 1.39 bits per heavy atom. The van der Waals surface area contributed by atoms with Crippen molar-refractivity contribution in [3.63, 3.8) is 0 Å². The highest BCUT2D eigenvalue weighted by Gasteiger charge is 2.21. The van der Waals surface area contributed by atoms with E-state index in [-0.39, 0.29) is 18.0 Å². The number of alkyl halides is 2. The van der Waals surface area contributed by atoms with E-state index in [0.29, 0.717) is 12.2 Å². The number of anilines is 1. The smallest absolute Gasteiger partial charge is 0.387 e. The van der Waals surface area contributed by atoms with Gasteiger partial charge in [-0.05, 0) is 31.9 Å². The summed E-state index contributed by atoms with van der Waals surface area (Å²) >= 11 is 0. The first-order chi connectivity index (χ1) is 8.65. The second kappa shape index (κ2) is 6.00. The maximum absolute atomic E-state index is 12.2. The Morgan fingerprint density at radius 2 is 2.17 bits per heavy atom. The van der Waals surface area contributed by atoms with Crippen molar-refractivity contribution in [1.82, 2.24) is 0 Å². The summed E-state index contributed by atoms with van der Waals surface area (Å²) in [4.78, 5) is 0. The molecule has 1 saturated heterocycles. The van der Waals surface area contributed by atoms with E-state index < -0.39 is 6.61 Å². The summed E-state index contributed by atoms with van der Waals surface area (Å²) < 4.78 is 34.5. The van der Waals surface area contributed by atoms with Crippen molar-refractivity contribution in [1.29, 1.82) is 0 Å². The lowest BCUT2D eigenvalue weighted by Crippen LogP contribution is -2.20. The largest absolute Gasteiger partial charge is 0.433 e. The number of hydrogen-bond donors (Lipinski definition) is 1. The fourth-order valence-electron chi connectivity index (χ4n) is 2.07. The highest BCUT2D eigenvalue weighted by Crippen LogP contribution is 2.26. The second-order valence-corrected chi connectivity index (χ2v) is 4.40. The van der Waals surface area contributed by atoms with Gasteiger partial charge in [0.25, 0.3) is 0 Å². The zero-order valence-corrected chi connectivity index (χ0v) is 10.2. The van der Waals surface area contributed by atoms with Crippen molar-refractivity contribution in [3.05, 3.63) is 24.3 Å². The van der Waals surface area contributed by atoms with Crippen molar-refractivity contribution in [3.8, 4) is 5.75 Å². The van der Waals surface area contributed by atoms with Gasteiger partial charge in [-0.2, -0.15) is 8.78 Å². The number of para-hydroxylation sites is 2. The number of hydrogen-bond acceptors (Lipinski definition) is 3. The molecule has 2 atom stereocenters. The maximum Gasteiger partial charge on any atom is 0.387 e. The Balaban J connectivity index is 1.92. The highest BCUT2D eigenvalue weighted by atomic mass is 19.3. The van der Waals surface area contributed by atoms with Crippen LogP contribution in [0.2, 0.25) is 0 Å². The van der Waals surface area contributed by atoms with Gasteiger partial charge in [0.05, 0.1) is 17.9 Å². The van der Waals surface area contributed by atoms with Crippen molar-refractivity contribution in [2.24, 2.45) is 0 Å². The van der Waals surface area contributed by atoms with Crippen LogP contribution < -0.4 is 10.1 Å². The van der Waals surface area contributed by atoms with E-state index in [1.165, 1.54) is 6.07 Å². The first-order valence-electron chi connectivity index (χ1n) is 6.08. The van der Waals surface area contributed by atoms with Gasteiger partial charge in [-0.1, -0.05) is 12.1 Å². The molecular weight excluding hydrogens is 240 g/mol. The van der Waals surface area contributed by atoms with Crippen molar-refractivity contribution < 1.29 is 18.3 Å². The summed E-state index contributed by atoms with van der Waals surface area (Å²) in [6, 6.07) is 6.68. The summed E-state index contributed by atoms with van der Waals surface area (Å²) in [5.41, 5.74) is 0.570. The Morgan fingerprint density at radius 3 is 2.83 bits per heavy atom. The van der Waals surface area contributed by atoms with Crippen LogP contribution in [0.15, 0.2) is 24.3 Å². The lowest BCUT2D eigenvalue weighted by molar-refractivity contribution is -0.0493. The van der Waals surface area contributed by atoms with Gasteiger partial charge < -0.3 is 14.8 Å². The lowest BCUT2D eigenvalue weighted by atomic mass is 10.2. The Bertz CT molecular complexity index is 387. The average Bonchev–Trinajstić information content (AvgIpc) is 2.73. The first-order valence-corrected chi connectivity index (χ1v) is 6.08. The molecule has 18 heavy (non-hydrogen) atoms. The normalized spacial score (nSPS) is 23.3. The summed E-state index contributed by atoms with van der Waals surface area (Å²) in [6.07, 6.45) is 2.46. The molecule has 5 heteroatoms. The Hall–Kier alpha value is -1.36. The van der Waals surface area contributed by atoms with Gasteiger partial charge in [-0.3, -0.25) is 0 Å². The monoisotopic (exact) mass is 257 g/mol. The van der Waals surface area contributed by atoms with Crippen molar-refractivity contribution >= 4 is 5.69 Å². The van der Waals surface area contributed by atoms with Crippen LogP contribution in [0.4, 0.5) is 14.5 Å². The molecule has 0 amide bonds. The predicted octanol–water partition coefficient (Wildman–Crippen LogP) is 3.27. The topological polar surface area (TPSA) is 30.5 Å². The maximum atomic E-state index is 12.2. The third kappa shape index (κ3) is 3.57. The third-order valence-corrected chi connectivity index (χ3v) is 2.94. The van der Waals surface area contributed by atoms with Gasteiger partial charge in [0.2, 0.25) is 0 Å². The van der Waals surface area contributed by atoms with Crippen LogP contribution in [0, 0.1) is 0 Å². The van der Waals surface area contributed by atoms with Crippen molar-refractivity contribution in [2.75, 3.05) is 11.9 Å². The number of benzene rings is 1. The minimum absolute atomic E-state index is 0.139. The minimum Gasteiger partial charge on any atom is -0.433 e.